The number of amides is 1. The first-order chi connectivity index (χ1) is 9.94. The summed E-state index contributed by atoms with van der Waals surface area (Å²) in [4.78, 5) is 11.8. The van der Waals surface area contributed by atoms with Gasteiger partial charge in [0.15, 0.2) is 0 Å². The van der Waals surface area contributed by atoms with Gasteiger partial charge in [-0.3, -0.25) is 0 Å². The van der Waals surface area contributed by atoms with Gasteiger partial charge in [-0.05, 0) is 24.3 Å². The van der Waals surface area contributed by atoms with Gasteiger partial charge >= 0.3 is 6.09 Å². The highest BCUT2D eigenvalue weighted by atomic mass is 35.7. The standard InChI is InChI=1S/C14H18ClNO4S/c15-21(18,19)10-12-7-4-8-13(12)16-14(17)20-9-11-5-2-1-3-6-11/h1-3,5-6,12-13H,4,7-10H2,(H,16,17). The van der Waals surface area contributed by atoms with Crippen LogP contribution >= 0.6 is 10.7 Å². The van der Waals surface area contributed by atoms with Gasteiger partial charge in [0.2, 0.25) is 9.05 Å². The molecule has 2 unspecified atom stereocenters. The molecule has 1 N–H and O–H groups in total. The highest BCUT2D eigenvalue weighted by Gasteiger charge is 2.32. The van der Waals surface area contributed by atoms with Crippen molar-refractivity contribution in [2.75, 3.05) is 5.75 Å². The molecule has 0 aliphatic heterocycles. The Balaban J connectivity index is 1.81. The Morgan fingerprint density at radius 3 is 2.67 bits per heavy atom. The van der Waals surface area contributed by atoms with Gasteiger partial charge in [0.25, 0.3) is 0 Å². The number of ether oxygens (including phenoxy) is 1. The van der Waals surface area contributed by atoms with Crippen molar-refractivity contribution in [1.29, 1.82) is 0 Å². The normalized spacial score (nSPS) is 22.0. The Kier molecular flexibility index (Phi) is 5.47. The smallest absolute Gasteiger partial charge is 0.407 e. The van der Waals surface area contributed by atoms with Gasteiger partial charge < -0.3 is 10.1 Å². The van der Waals surface area contributed by atoms with Gasteiger partial charge in [0.05, 0.1) is 5.75 Å². The zero-order valence-electron chi connectivity index (χ0n) is 11.5. The molecule has 1 fully saturated rings. The van der Waals surface area contributed by atoms with Crippen LogP contribution in [0.1, 0.15) is 24.8 Å². The topological polar surface area (TPSA) is 72.5 Å². The summed E-state index contributed by atoms with van der Waals surface area (Å²) in [6, 6.07) is 9.17. The molecular formula is C14H18ClNO4S. The van der Waals surface area contributed by atoms with Gasteiger partial charge in [-0.1, -0.05) is 36.8 Å². The highest BCUT2D eigenvalue weighted by molar-refractivity contribution is 8.13. The minimum absolute atomic E-state index is 0.113. The molecule has 1 saturated carbocycles. The van der Waals surface area contributed by atoms with Crippen LogP contribution in [0, 0.1) is 5.92 Å². The minimum Gasteiger partial charge on any atom is -0.445 e. The summed E-state index contributed by atoms with van der Waals surface area (Å²) in [5, 5.41) is 2.74. The second-order valence-electron chi connectivity index (χ2n) is 5.21. The maximum absolute atomic E-state index is 11.8. The average molecular weight is 332 g/mol. The number of carbonyl (C=O) groups is 1. The summed E-state index contributed by atoms with van der Waals surface area (Å²) in [5.74, 6) is -0.255. The van der Waals surface area contributed by atoms with Gasteiger partial charge in [-0.2, -0.15) is 0 Å². The molecule has 1 aliphatic carbocycles. The Morgan fingerprint density at radius 1 is 1.29 bits per heavy atom. The molecule has 7 heteroatoms. The predicted octanol–water partition coefficient (Wildman–Crippen LogP) is 2.65. The molecule has 0 bridgehead atoms. The fourth-order valence-corrected chi connectivity index (χ4v) is 3.99. The number of benzene rings is 1. The van der Waals surface area contributed by atoms with Gasteiger partial charge in [0, 0.05) is 16.7 Å². The maximum atomic E-state index is 11.8. The molecule has 21 heavy (non-hydrogen) atoms. The van der Waals surface area contributed by atoms with Crippen LogP contribution in [0.15, 0.2) is 30.3 Å². The van der Waals surface area contributed by atoms with Crippen molar-refractivity contribution in [2.45, 2.75) is 31.9 Å². The second kappa shape index (κ2) is 7.13. The molecule has 5 nitrogen and oxygen atoms in total. The molecule has 116 valence electrons. The van der Waals surface area contributed by atoms with Crippen molar-refractivity contribution in [2.24, 2.45) is 5.92 Å². The van der Waals surface area contributed by atoms with E-state index in [9.17, 15) is 13.2 Å². The van der Waals surface area contributed by atoms with Crippen LogP contribution in [0.4, 0.5) is 4.79 Å². The van der Waals surface area contributed by atoms with Crippen molar-refractivity contribution in [3.63, 3.8) is 0 Å². The molecule has 2 rings (SSSR count). The van der Waals surface area contributed by atoms with Gasteiger partial charge in [0.1, 0.15) is 6.61 Å². The predicted molar refractivity (Wildman–Crippen MR) is 80.5 cm³/mol. The van der Waals surface area contributed by atoms with Crippen LogP contribution in [0.25, 0.3) is 0 Å². The van der Waals surface area contributed by atoms with E-state index in [1.807, 2.05) is 30.3 Å². The maximum Gasteiger partial charge on any atom is 0.407 e. The molecule has 0 saturated heterocycles. The summed E-state index contributed by atoms with van der Waals surface area (Å²) in [5.41, 5.74) is 0.902. The van der Waals surface area contributed by atoms with Crippen molar-refractivity contribution in [3.8, 4) is 0 Å². The molecule has 0 heterocycles. The fourth-order valence-electron chi connectivity index (χ4n) is 2.60. The highest BCUT2D eigenvalue weighted by Crippen LogP contribution is 2.28. The van der Waals surface area contributed by atoms with Crippen LogP contribution in [0.3, 0.4) is 0 Å². The Hall–Kier alpha value is -1.27. The first-order valence-electron chi connectivity index (χ1n) is 6.83. The number of alkyl carbamates (subject to hydrolysis) is 1. The third-order valence-corrected chi connectivity index (χ3v) is 4.79. The summed E-state index contributed by atoms with van der Waals surface area (Å²) < 4.78 is 27.4. The van der Waals surface area contributed by atoms with Gasteiger partial charge in [-0.25, -0.2) is 13.2 Å². The first-order valence-corrected chi connectivity index (χ1v) is 9.31. The average Bonchev–Trinajstić information content (AvgIpc) is 2.83. The van der Waals surface area contributed by atoms with Crippen LogP contribution in [-0.2, 0) is 20.4 Å². The zero-order valence-corrected chi connectivity index (χ0v) is 13.1. The quantitative estimate of drug-likeness (QED) is 0.842. The number of rotatable bonds is 5. The lowest BCUT2D eigenvalue weighted by Crippen LogP contribution is -2.39. The molecule has 2 atom stereocenters. The van der Waals surface area contributed by atoms with Crippen molar-refractivity contribution in [3.05, 3.63) is 35.9 Å². The van der Waals surface area contributed by atoms with E-state index >= 15 is 0 Å². The molecule has 0 spiro atoms. The van der Waals surface area contributed by atoms with E-state index in [0.29, 0.717) is 0 Å². The molecule has 1 amide bonds. The third-order valence-electron chi connectivity index (χ3n) is 3.59. The van der Waals surface area contributed by atoms with E-state index in [-0.39, 0.29) is 24.3 Å². The Labute approximate surface area is 129 Å². The molecular weight excluding hydrogens is 314 g/mol. The number of hydrogen-bond donors (Lipinski definition) is 1. The van der Waals surface area contributed by atoms with E-state index in [1.54, 1.807) is 0 Å². The third kappa shape index (κ3) is 5.55. The second-order valence-corrected chi connectivity index (χ2v) is 8.03. The molecule has 1 aromatic carbocycles. The van der Waals surface area contributed by atoms with Crippen molar-refractivity contribution in [1.82, 2.24) is 5.32 Å². The summed E-state index contributed by atoms with van der Waals surface area (Å²) in [6.07, 6.45) is 1.84. The lowest BCUT2D eigenvalue weighted by molar-refractivity contribution is 0.133. The summed E-state index contributed by atoms with van der Waals surface area (Å²) in [6.45, 7) is 0.192. The zero-order chi connectivity index (χ0) is 15.3. The Bertz CT molecular complexity index is 576. The Morgan fingerprint density at radius 2 is 2.00 bits per heavy atom. The van der Waals surface area contributed by atoms with Crippen LogP contribution in [0.5, 0.6) is 0 Å². The monoisotopic (exact) mass is 331 g/mol. The van der Waals surface area contributed by atoms with Crippen LogP contribution in [-0.4, -0.2) is 26.3 Å². The van der Waals surface area contributed by atoms with E-state index in [0.717, 1.165) is 24.8 Å². The summed E-state index contributed by atoms with van der Waals surface area (Å²) in [7, 11) is 1.73. The molecule has 0 aromatic heterocycles. The van der Waals surface area contributed by atoms with Crippen LogP contribution < -0.4 is 5.32 Å². The van der Waals surface area contributed by atoms with Crippen LogP contribution in [0.2, 0.25) is 0 Å². The molecule has 1 aliphatic rings. The van der Waals surface area contributed by atoms with Crippen molar-refractivity contribution >= 4 is 25.8 Å². The van der Waals surface area contributed by atoms with E-state index < -0.39 is 15.1 Å². The van der Waals surface area contributed by atoms with Gasteiger partial charge in [-0.15, -0.1) is 0 Å². The summed E-state index contributed by atoms with van der Waals surface area (Å²) >= 11 is 0. The SMILES string of the molecule is O=C(NC1CCCC1CS(=O)(=O)Cl)OCc1ccccc1. The van der Waals surface area contributed by atoms with E-state index in [1.165, 1.54) is 0 Å². The minimum atomic E-state index is -3.55. The number of halogens is 1. The fraction of sp³-hybridized carbons (Fsp3) is 0.500. The first kappa shape index (κ1) is 16.1. The number of hydrogen-bond acceptors (Lipinski definition) is 4. The lowest BCUT2D eigenvalue weighted by Gasteiger charge is -2.19. The lowest BCUT2D eigenvalue weighted by atomic mass is 10.1. The number of carbonyl (C=O) groups excluding carboxylic acids is 1. The molecule has 0 radical (unpaired) electrons. The van der Waals surface area contributed by atoms with E-state index in [2.05, 4.69) is 5.32 Å². The number of nitrogens with one attached hydrogen (secondary N) is 1. The van der Waals surface area contributed by atoms with Crippen molar-refractivity contribution < 1.29 is 17.9 Å². The van der Waals surface area contributed by atoms with E-state index in [4.69, 9.17) is 15.4 Å². The molecule has 1 aromatic rings. The largest absolute Gasteiger partial charge is 0.445 e.